The number of carbonyl (C=O) groups is 2. The van der Waals surface area contributed by atoms with E-state index in [0.717, 1.165) is 22.3 Å². The number of benzene rings is 4. The number of halogens is 1. The lowest BCUT2D eigenvalue weighted by Gasteiger charge is -2.17. The zero-order valence-corrected chi connectivity index (χ0v) is 18.7. The fraction of sp³-hybridized carbons (Fsp3) is 0.0714. The van der Waals surface area contributed by atoms with Gasteiger partial charge in [0.2, 0.25) is 0 Å². The van der Waals surface area contributed by atoms with E-state index < -0.39 is 5.91 Å². The van der Waals surface area contributed by atoms with Crippen LogP contribution in [0.4, 0.5) is 5.69 Å². The molecule has 0 radical (unpaired) electrons. The fourth-order valence-corrected chi connectivity index (χ4v) is 4.37. The number of hydrogen-bond donors (Lipinski definition) is 0. The smallest absolute Gasteiger partial charge is 0.269 e. The molecule has 0 bridgehead atoms. The molecular weight excluding hydrogens is 434 g/mol. The Hall–Kier alpha value is -3.89. The Balaban J connectivity index is 1.83. The lowest BCUT2D eigenvalue weighted by molar-refractivity contribution is 0.0925. The molecule has 0 aromatic heterocycles. The fourth-order valence-electron chi connectivity index (χ4n) is 4.24. The van der Waals surface area contributed by atoms with E-state index >= 15 is 0 Å². The summed E-state index contributed by atoms with van der Waals surface area (Å²) in [4.78, 5) is 28.7. The number of ether oxygens (including phenoxy) is 1. The van der Waals surface area contributed by atoms with Crippen LogP contribution in [-0.4, -0.2) is 18.4 Å². The summed E-state index contributed by atoms with van der Waals surface area (Å²) in [6, 6.07) is 28.0. The average Bonchev–Trinajstić information content (AvgIpc) is 3.11. The van der Waals surface area contributed by atoms with Crippen LogP contribution in [-0.2, 0) is 0 Å². The van der Waals surface area contributed by atoms with Crippen LogP contribution in [0.5, 0.6) is 5.75 Å². The van der Waals surface area contributed by atoms with Gasteiger partial charge in [0.05, 0.1) is 23.4 Å². The van der Waals surface area contributed by atoms with Crippen molar-refractivity contribution < 1.29 is 14.3 Å². The second-order valence-corrected chi connectivity index (χ2v) is 8.07. The summed E-state index contributed by atoms with van der Waals surface area (Å²) in [5.41, 5.74) is 4.45. The van der Waals surface area contributed by atoms with Crippen LogP contribution in [0.15, 0.2) is 91.0 Å². The Morgan fingerprint density at radius 2 is 1.30 bits per heavy atom. The number of carbonyl (C=O) groups excluding carboxylic acids is 2. The van der Waals surface area contributed by atoms with E-state index in [1.54, 1.807) is 24.3 Å². The van der Waals surface area contributed by atoms with Gasteiger partial charge in [0, 0.05) is 10.6 Å². The summed E-state index contributed by atoms with van der Waals surface area (Å²) in [6.07, 6.45) is 0. The van der Waals surface area contributed by atoms with Crippen LogP contribution in [0.2, 0.25) is 5.02 Å². The Labute approximate surface area is 197 Å². The Bertz CT molecular complexity index is 1350. The molecule has 1 aliphatic heterocycles. The molecule has 0 saturated heterocycles. The number of amides is 2. The predicted molar refractivity (Wildman–Crippen MR) is 131 cm³/mol. The second kappa shape index (κ2) is 8.57. The summed E-state index contributed by atoms with van der Waals surface area (Å²) in [6.45, 7) is 2.23. The molecule has 0 saturated carbocycles. The number of nitrogens with zero attached hydrogens (tertiary/aromatic N) is 1. The Morgan fingerprint density at radius 1 is 0.727 bits per heavy atom. The standard InChI is InChI=1S/C28H20ClNO3/c1-2-33-23-17-22(18-9-5-3-6-10-18)24(19-11-7-4-8-12-19)26-25(23)27(31)30(28(26)32)21-15-13-20(29)14-16-21/h3-17H,2H2,1H3. The quantitative estimate of drug-likeness (QED) is 0.309. The van der Waals surface area contributed by atoms with E-state index in [4.69, 9.17) is 16.3 Å². The van der Waals surface area contributed by atoms with Gasteiger partial charge < -0.3 is 4.74 Å². The predicted octanol–water partition coefficient (Wildman–Crippen LogP) is 6.87. The van der Waals surface area contributed by atoms with Gasteiger partial charge in [0.1, 0.15) is 5.75 Å². The number of hydrogen-bond acceptors (Lipinski definition) is 3. The number of fused-ring (bicyclic) bond motifs is 1. The third kappa shape index (κ3) is 3.59. The molecule has 5 heteroatoms. The topological polar surface area (TPSA) is 46.6 Å². The van der Waals surface area contributed by atoms with Crippen molar-refractivity contribution in [2.24, 2.45) is 0 Å². The third-order valence-corrected chi connectivity index (χ3v) is 5.91. The molecular formula is C28H20ClNO3. The minimum Gasteiger partial charge on any atom is -0.493 e. The van der Waals surface area contributed by atoms with Crippen molar-refractivity contribution >= 4 is 29.1 Å². The molecule has 0 fully saturated rings. The first-order chi connectivity index (χ1) is 16.1. The van der Waals surface area contributed by atoms with E-state index in [-0.39, 0.29) is 11.5 Å². The van der Waals surface area contributed by atoms with E-state index in [0.29, 0.717) is 28.6 Å². The highest BCUT2D eigenvalue weighted by Crippen LogP contribution is 2.45. The molecule has 0 unspecified atom stereocenters. The van der Waals surface area contributed by atoms with Gasteiger partial charge in [-0.05, 0) is 53.9 Å². The summed E-state index contributed by atoms with van der Waals surface area (Å²) in [7, 11) is 0. The van der Waals surface area contributed by atoms with Gasteiger partial charge >= 0.3 is 0 Å². The first-order valence-electron chi connectivity index (χ1n) is 10.7. The van der Waals surface area contributed by atoms with Crippen molar-refractivity contribution in [2.45, 2.75) is 6.92 Å². The Morgan fingerprint density at radius 3 is 1.91 bits per heavy atom. The molecule has 0 spiro atoms. The van der Waals surface area contributed by atoms with Crippen molar-refractivity contribution in [1.29, 1.82) is 0 Å². The van der Waals surface area contributed by atoms with Crippen LogP contribution in [0, 0.1) is 0 Å². The summed E-state index contributed by atoms with van der Waals surface area (Å²) >= 11 is 6.03. The molecule has 0 aliphatic carbocycles. The molecule has 2 amide bonds. The van der Waals surface area contributed by atoms with Crippen molar-refractivity contribution in [1.82, 2.24) is 0 Å². The highest BCUT2D eigenvalue weighted by Gasteiger charge is 2.42. The molecule has 0 atom stereocenters. The monoisotopic (exact) mass is 453 g/mol. The minimum atomic E-state index is -0.405. The van der Waals surface area contributed by atoms with Gasteiger partial charge in [-0.3, -0.25) is 9.59 Å². The van der Waals surface area contributed by atoms with Crippen molar-refractivity contribution in [2.75, 3.05) is 11.5 Å². The molecule has 33 heavy (non-hydrogen) atoms. The van der Waals surface area contributed by atoms with Gasteiger partial charge in [0.25, 0.3) is 11.8 Å². The zero-order valence-electron chi connectivity index (χ0n) is 17.9. The van der Waals surface area contributed by atoms with Gasteiger partial charge in [-0.25, -0.2) is 4.90 Å². The van der Waals surface area contributed by atoms with Crippen LogP contribution >= 0.6 is 11.6 Å². The van der Waals surface area contributed by atoms with Crippen LogP contribution in [0.25, 0.3) is 22.3 Å². The number of rotatable bonds is 5. The zero-order chi connectivity index (χ0) is 22.9. The van der Waals surface area contributed by atoms with Crippen molar-refractivity contribution in [3.63, 3.8) is 0 Å². The molecule has 4 aromatic rings. The van der Waals surface area contributed by atoms with Crippen molar-refractivity contribution in [3.8, 4) is 28.0 Å². The summed E-state index contributed by atoms with van der Waals surface area (Å²) < 4.78 is 5.90. The van der Waals surface area contributed by atoms with E-state index in [2.05, 4.69) is 0 Å². The average molecular weight is 454 g/mol. The molecule has 1 aliphatic rings. The maximum atomic E-state index is 13.8. The van der Waals surface area contributed by atoms with Crippen LogP contribution in [0.3, 0.4) is 0 Å². The van der Waals surface area contributed by atoms with E-state index in [1.165, 1.54) is 4.90 Å². The Kier molecular flexibility index (Phi) is 5.45. The summed E-state index contributed by atoms with van der Waals surface area (Å²) in [5.74, 6) is -0.381. The third-order valence-electron chi connectivity index (χ3n) is 5.66. The molecule has 1 heterocycles. The molecule has 162 valence electrons. The largest absolute Gasteiger partial charge is 0.493 e. The highest BCUT2D eigenvalue weighted by molar-refractivity contribution is 6.38. The van der Waals surface area contributed by atoms with Gasteiger partial charge in [0.15, 0.2) is 0 Å². The van der Waals surface area contributed by atoms with Gasteiger partial charge in [-0.1, -0.05) is 72.3 Å². The second-order valence-electron chi connectivity index (χ2n) is 7.63. The van der Waals surface area contributed by atoms with Gasteiger partial charge in [-0.2, -0.15) is 0 Å². The highest BCUT2D eigenvalue weighted by atomic mass is 35.5. The first kappa shape index (κ1) is 21.0. The van der Waals surface area contributed by atoms with Crippen LogP contribution < -0.4 is 9.64 Å². The lowest BCUT2D eigenvalue weighted by Crippen LogP contribution is -2.29. The SMILES string of the molecule is CCOc1cc(-c2ccccc2)c(-c2ccccc2)c2c1C(=O)N(c1ccc(Cl)cc1)C2=O. The normalized spacial score (nSPS) is 12.7. The molecule has 4 aromatic carbocycles. The van der Waals surface area contributed by atoms with E-state index in [9.17, 15) is 9.59 Å². The molecule has 4 nitrogen and oxygen atoms in total. The summed E-state index contributed by atoms with van der Waals surface area (Å²) in [5, 5.41) is 0.529. The molecule has 0 N–H and O–H groups in total. The minimum absolute atomic E-state index is 0.287. The molecule has 5 rings (SSSR count). The van der Waals surface area contributed by atoms with Gasteiger partial charge in [-0.15, -0.1) is 0 Å². The lowest BCUT2D eigenvalue weighted by atomic mass is 9.88. The number of anilines is 1. The maximum Gasteiger partial charge on any atom is 0.269 e. The maximum absolute atomic E-state index is 13.8. The first-order valence-corrected chi connectivity index (χ1v) is 11.1. The van der Waals surface area contributed by atoms with E-state index in [1.807, 2.05) is 73.7 Å². The number of imide groups is 1. The van der Waals surface area contributed by atoms with Crippen molar-refractivity contribution in [3.05, 3.63) is 107 Å². The van der Waals surface area contributed by atoms with Crippen LogP contribution in [0.1, 0.15) is 27.6 Å².